The third-order valence-corrected chi connectivity index (χ3v) is 3.89. The van der Waals surface area contributed by atoms with Gasteiger partial charge in [-0.1, -0.05) is 29.8 Å². The second-order valence-electron chi connectivity index (χ2n) is 4.99. The molecule has 2 rings (SSSR count). The van der Waals surface area contributed by atoms with Gasteiger partial charge in [-0.2, -0.15) is 0 Å². The van der Waals surface area contributed by atoms with Crippen LogP contribution < -0.4 is 10.6 Å². The first-order valence-corrected chi connectivity index (χ1v) is 7.48. The van der Waals surface area contributed by atoms with Crippen LogP contribution in [0.15, 0.2) is 24.3 Å². The number of amides is 2. The lowest BCUT2D eigenvalue weighted by Crippen LogP contribution is -2.45. The van der Waals surface area contributed by atoms with Crippen molar-refractivity contribution in [3.05, 3.63) is 34.9 Å². The van der Waals surface area contributed by atoms with E-state index in [0.29, 0.717) is 24.8 Å². The summed E-state index contributed by atoms with van der Waals surface area (Å²) in [6, 6.07) is 7.47. The number of carbonyl (C=O) groups is 1. The normalized spacial score (nSPS) is 17.2. The highest BCUT2D eigenvalue weighted by Crippen LogP contribution is 2.24. The average molecular weight is 313 g/mol. The molecule has 21 heavy (non-hydrogen) atoms. The summed E-state index contributed by atoms with van der Waals surface area (Å²) in [6.07, 6.45) is 1.44. The minimum Gasteiger partial charge on any atom is -0.381 e. The van der Waals surface area contributed by atoms with Crippen molar-refractivity contribution in [1.29, 1.82) is 0 Å². The number of carbonyl (C=O) groups excluding carboxylic acids is 1. The maximum Gasteiger partial charge on any atom is 0.315 e. The third kappa shape index (κ3) is 4.88. The zero-order valence-corrected chi connectivity index (χ0v) is 12.9. The number of rotatable bonds is 5. The van der Waals surface area contributed by atoms with Crippen LogP contribution in [0.5, 0.6) is 0 Å². The summed E-state index contributed by atoms with van der Waals surface area (Å²) in [6.45, 7) is 1.77. The van der Waals surface area contributed by atoms with Gasteiger partial charge in [0.25, 0.3) is 0 Å². The molecule has 0 aromatic heterocycles. The van der Waals surface area contributed by atoms with Crippen molar-refractivity contribution < 1.29 is 14.3 Å². The Kier molecular flexibility index (Phi) is 6.29. The number of hydrogen-bond donors (Lipinski definition) is 2. The van der Waals surface area contributed by atoms with E-state index in [2.05, 4.69) is 10.6 Å². The Morgan fingerprint density at radius 3 is 2.81 bits per heavy atom. The van der Waals surface area contributed by atoms with Gasteiger partial charge in [0.05, 0.1) is 0 Å². The lowest BCUT2D eigenvalue weighted by molar-refractivity contribution is 0.0791. The fourth-order valence-corrected chi connectivity index (χ4v) is 2.58. The van der Waals surface area contributed by atoms with Gasteiger partial charge in [-0.15, -0.1) is 0 Å². The highest BCUT2D eigenvalue weighted by molar-refractivity contribution is 6.31. The van der Waals surface area contributed by atoms with E-state index in [-0.39, 0.29) is 18.2 Å². The van der Waals surface area contributed by atoms with E-state index in [0.717, 1.165) is 18.4 Å². The predicted molar refractivity (Wildman–Crippen MR) is 81.6 cm³/mol. The fourth-order valence-electron chi connectivity index (χ4n) is 2.32. The van der Waals surface area contributed by atoms with E-state index in [4.69, 9.17) is 21.1 Å². The van der Waals surface area contributed by atoms with Crippen LogP contribution in [-0.4, -0.2) is 38.9 Å². The molecule has 0 bridgehead atoms. The highest BCUT2D eigenvalue weighted by atomic mass is 35.5. The van der Waals surface area contributed by atoms with E-state index < -0.39 is 0 Å². The minimum atomic E-state index is -0.265. The number of nitrogens with one attached hydrogen (secondary N) is 2. The Balaban J connectivity index is 1.82. The summed E-state index contributed by atoms with van der Waals surface area (Å²) >= 11 is 6.15. The summed E-state index contributed by atoms with van der Waals surface area (Å²) in [7, 11) is 1.60. The van der Waals surface area contributed by atoms with Crippen LogP contribution in [0.3, 0.4) is 0 Å². The van der Waals surface area contributed by atoms with E-state index in [9.17, 15) is 4.79 Å². The van der Waals surface area contributed by atoms with Gasteiger partial charge < -0.3 is 20.1 Å². The zero-order valence-electron chi connectivity index (χ0n) is 12.1. The number of ether oxygens (including phenoxy) is 2. The smallest absolute Gasteiger partial charge is 0.315 e. The second kappa shape index (κ2) is 8.22. The maximum atomic E-state index is 11.9. The first kappa shape index (κ1) is 16.1. The molecule has 0 saturated carbocycles. The van der Waals surface area contributed by atoms with Crippen molar-refractivity contribution in [2.45, 2.75) is 25.0 Å². The average Bonchev–Trinajstić information content (AvgIpc) is 2.50. The van der Waals surface area contributed by atoms with Gasteiger partial charge in [-0.3, -0.25) is 0 Å². The molecule has 1 saturated heterocycles. The lowest BCUT2D eigenvalue weighted by atomic mass is 10.1. The molecular weight excluding hydrogens is 292 g/mol. The molecule has 2 amide bonds. The van der Waals surface area contributed by atoms with Crippen LogP contribution in [0.25, 0.3) is 0 Å². The minimum absolute atomic E-state index is 0.181. The first-order chi connectivity index (χ1) is 10.2. The van der Waals surface area contributed by atoms with Crippen LogP contribution in [0.1, 0.15) is 24.5 Å². The molecule has 0 aliphatic carbocycles. The Morgan fingerprint density at radius 1 is 1.43 bits per heavy atom. The van der Waals surface area contributed by atoms with Gasteiger partial charge in [0.1, 0.15) is 6.10 Å². The molecule has 1 aromatic rings. The molecular formula is C15H21ClN2O3. The van der Waals surface area contributed by atoms with Gasteiger partial charge in [-0.05, 0) is 18.9 Å². The molecule has 1 aliphatic rings. The SMILES string of the molecule is CO[C@H](CNC(=O)NC1CCOCC1)c1ccccc1Cl. The van der Waals surface area contributed by atoms with Crippen LogP contribution in [0, 0.1) is 0 Å². The Hall–Kier alpha value is -1.30. The van der Waals surface area contributed by atoms with Crippen molar-refractivity contribution in [3.8, 4) is 0 Å². The predicted octanol–water partition coefficient (Wildman–Crippen LogP) is 2.51. The Labute approximate surface area is 130 Å². The fraction of sp³-hybridized carbons (Fsp3) is 0.533. The molecule has 1 aliphatic heterocycles. The van der Waals surface area contributed by atoms with E-state index in [1.54, 1.807) is 7.11 Å². The summed E-state index contributed by atoms with van der Waals surface area (Å²) in [4.78, 5) is 11.9. The second-order valence-corrected chi connectivity index (χ2v) is 5.39. The number of benzene rings is 1. The lowest BCUT2D eigenvalue weighted by Gasteiger charge is -2.24. The quantitative estimate of drug-likeness (QED) is 0.878. The monoisotopic (exact) mass is 312 g/mol. The van der Waals surface area contributed by atoms with Crippen LogP contribution in [0.2, 0.25) is 5.02 Å². The van der Waals surface area contributed by atoms with Crippen LogP contribution in [-0.2, 0) is 9.47 Å². The summed E-state index contributed by atoms with van der Waals surface area (Å²) in [5.41, 5.74) is 0.869. The molecule has 0 radical (unpaired) electrons. The van der Waals surface area contributed by atoms with Gasteiger partial charge in [0.2, 0.25) is 0 Å². The van der Waals surface area contributed by atoms with Crippen LogP contribution >= 0.6 is 11.6 Å². The molecule has 1 heterocycles. The Morgan fingerprint density at radius 2 is 2.14 bits per heavy atom. The van der Waals surface area contributed by atoms with E-state index in [1.807, 2.05) is 24.3 Å². The van der Waals surface area contributed by atoms with Gasteiger partial charge >= 0.3 is 6.03 Å². The number of methoxy groups -OCH3 is 1. The Bertz CT molecular complexity index is 464. The highest BCUT2D eigenvalue weighted by Gasteiger charge is 2.18. The van der Waals surface area contributed by atoms with Gasteiger partial charge in [0.15, 0.2) is 0 Å². The molecule has 0 unspecified atom stereocenters. The van der Waals surface area contributed by atoms with Gasteiger partial charge in [0, 0.05) is 43.5 Å². The van der Waals surface area contributed by atoms with Crippen molar-refractivity contribution in [3.63, 3.8) is 0 Å². The standard InChI is InChI=1S/C15H21ClN2O3/c1-20-14(12-4-2-3-5-13(12)16)10-17-15(19)18-11-6-8-21-9-7-11/h2-5,11,14H,6-10H2,1H3,(H2,17,18,19)/t14-/m1/s1. The third-order valence-electron chi connectivity index (χ3n) is 3.54. The molecule has 6 heteroatoms. The summed E-state index contributed by atoms with van der Waals surface area (Å²) < 4.78 is 10.7. The molecule has 116 valence electrons. The molecule has 1 aromatic carbocycles. The van der Waals surface area contributed by atoms with Crippen LogP contribution in [0.4, 0.5) is 4.79 Å². The van der Waals surface area contributed by atoms with Crippen molar-refractivity contribution in [1.82, 2.24) is 10.6 Å². The topological polar surface area (TPSA) is 59.6 Å². The molecule has 0 spiro atoms. The number of halogens is 1. The summed E-state index contributed by atoms with van der Waals surface area (Å²) in [5, 5.41) is 6.41. The first-order valence-electron chi connectivity index (χ1n) is 7.10. The van der Waals surface area contributed by atoms with E-state index in [1.165, 1.54) is 0 Å². The molecule has 2 N–H and O–H groups in total. The molecule has 5 nitrogen and oxygen atoms in total. The van der Waals surface area contributed by atoms with Crippen molar-refractivity contribution in [2.75, 3.05) is 26.9 Å². The number of hydrogen-bond acceptors (Lipinski definition) is 3. The van der Waals surface area contributed by atoms with Crippen molar-refractivity contribution in [2.24, 2.45) is 0 Å². The maximum absolute atomic E-state index is 11.9. The zero-order chi connectivity index (χ0) is 15.1. The number of urea groups is 1. The van der Waals surface area contributed by atoms with E-state index >= 15 is 0 Å². The molecule has 1 atom stereocenters. The summed E-state index contributed by atoms with van der Waals surface area (Å²) in [5.74, 6) is 0. The largest absolute Gasteiger partial charge is 0.381 e. The molecule has 1 fully saturated rings. The van der Waals surface area contributed by atoms with Crippen molar-refractivity contribution >= 4 is 17.6 Å². The van der Waals surface area contributed by atoms with Gasteiger partial charge in [-0.25, -0.2) is 4.79 Å².